The van der Waals surface area contributed by atoms with Gasteiger partial charge in [0, 0.05) is 9.75 Å². The minimum Gasteiger partial charge on any atom is -0.396 e. The average Bonchev–Trinajstić information content (AvgIpc) is 2.83. The standard InChI is InChI=1S/C11H14N4OS/c1-6-3-8(17-7(6)2)4-13-11(16)10-9(12)5-14-15-10/h3,5H,4,12H2,1-2H3,(H,13,16)(H,14,15). The fourth-order valence-corrected chi connectivity index (χ4v) is 2.46. The molecular formula is C11H14N4OS. The van der Waals surface area contributed by atoms with Crippen LogP contribution in [-0.4, -0.2) is 16.1 Å². The lowest BCUT2D eigenvalue weighted by Gasteiger charge is -2.01. The van der Waals surface area contributed by atoms with E-state index in [1.807, 2.05) is 0 Å². The van der Waals surface area contributed by atoms with Crippen molar-refractivity contribution in [2.75, 3.05) is 5.73 Å². The van der Waals surface area contributed by atoms with Crippen LogP contribution in [0, 0.1) is 13.8 Å². The number of aromatic amines is 1. The fourth-order valence-electron chi connectivity index (χ4n) is 1.47. The van der Waals surface area contributed by atoms with E-state index in [2.05, 4.69) is 35.4 Å². The minimum atomic E-state index is -0.233. The van der Waals surface area contributed by atoms with Gasteiger partial charge in [0.25, 0.3) is 5.91 Å². The number of anilines is 1. The molecule has 0 aliphatic rings. The Kier molecular flexibility index (Phi) is 3.14. The third-order valence-corrected chi connectivity index (χ3v) is 3.69. The first kappa shape index (κ1) is 11.7. The van der Waals surface area contributed by atoms with Gasteiger partial charge in [-0.05, 0) is 25.5 Å². The van der Waals surface area contributed by atoms with E-state index in [0.29, 0.717) is 17.9 Å². The molecule has 1 amide bonds. The SMILES string of the molecule is Cc1cc(CNC(=O)c2[nH]ncc2N)sc1C. The highest BCUT2D eigenvalue weighted by Gasteiger charge is 2.11. The van der Waals surface area contributed by atoms with Crippen LogP contribution >= 0.6 is 11.3 Å². The third kappa shape index (κ3) is 2.47. The summed E-state index contributed by atoms with van der Waals surface area (Å²) >= 11 is 1.69. The van der Waals surface area contributed by atoms with Crippen LogP contribution in [0.25, 0.3) is 0 Å². The quantitative estimate of drug-likeness (QED) is 0.773. The van der Waals surface area contributed by atoms with Gasteiger partial charge in [-0.25, -0.2) is 0 Å². The summed E-state index contributed by atoms with van der Waals surface area (Å²) in [5.41, 5.74) is 7.51. The summed E-state index contributed by atoms with van der Waals surface area (Å²) in [5.74, 6) is -0.233. The Bertz CT molecular complexity index is 524. The van der Waals surface area contributed by atoms with Gasteiger partial charge in [-0.3, -0.25) is 9.89 Å². The predicted molar refractivity (Wildman–Crippen MR) is 68.0 cm³/mol. The number of thiophene rings is 1. The number of H-pyrrole nitrogens is 1. The van der Waals surface area contributed by atoms with Crippen molar-refractivity contribution in [3.63, 3.8) is 0 Å². The highest BCUT2D eigenvalue weighted by molar-refractivity contribution is 7.12. The molecule has 17 heavy (non-hydrogen) atoms. The monoisotopic (exact) mass is 250 g/mol. The van der Waals surface area contributed by atoms with Gasteiger partial charge >= 0.3 is 0 Å². The Morgan fingerprint density at radius 1 is 1.59 bits per heavy atom. The van der Waals surface area contributed by atoms with E-state index in [0.717, 1.165) is 4.88 Å². The van der Waals surface area contributed by atoms with E-state index in [1.54, 1.807) is 11.3 Å². The summed E-state index contributed by atoms with van der Waals surface area (Å²) in [6.07, 6.45) is 1.42. The molecule has 0 aliphatic heterocycles. The number of nitrogen functional groups attached to an aromatic ring is 1. The van der Waals surface area contributed by atoms with Crippen LogP contribution in [-0.2, 0) is 6.54 Å². The fraction of sp³-hybridized carbons (Fsp3) is 0.273. The molecule has 0 saturated carbocycles. The maximum atomic E-state index is 11.7. The van der Waals surface area contributed by atoms with Crippen LogP contribution < -0.4 is 11.1 Å². The Morgan fingerprint density at radius 3 is 2.88 bits per heavy atom. The van der Waals surface area contributed by atoms with Crippen molar-refractivity contribution in [1.82, 2.24) is 15.5 Å². The molecule has 2 aromatic rings. The maximum Gasteiger partial charge on any atom is 0.271 e. The first-order valence-corrected chi connectivity index (χ1v) is 6.02. The van der Waals surface area contributed by atoms with Crippen LogP contribution in [0.4, 0.5) is 5.69 Å². The van der Waals surface area contributed by atoms with Crippen molar-refractivity contribution in [2.24, 2.45) is 0 Å². The average molecular weight is 250 g/mol. The van der Waals surface area contributed by atoms with Crippen molar-refractivity contribution >= 4 is 22.9 Å². The third-order valence-electron chi connectivity index (χ3n) is 2.54. The zero-order valence-electron chi connectivity index (χ0n) is 9.70. The van der Waals surface area contributed by atoms with E-state index in [1.165, 1.54) is 16.6 Å². The van der Waals surface area contributed by atoms with Gasteiger partial charge in [0.15, 0.2) is 0 Å². The second-order valence-electron chi connectivity index (χ2n) is 3.83. The molecule has 2 rings (SSSR count). The van der Waals surface area contributed by atoms with Gasteiger partial charge in [-0.1, -0.05) is 0 Å². The van der Waals surface area contributed by atoms with Gasteiger partial charge in [0.2, 0.25) is 0 Å². The zero-order valence-corrected chi connectivity index (χ0v) is 10.5. The topological polar surface area (TPSA) is 83.8 Å². The summed E-state index contributed by atoms with van der Waals surface area (Å²) in [7, 11) is 0. The molecule has 0 spiro atoms. The molecule has 5 nitrogen and oxygen atoms in total. The number of hydrogen-bond donors (Lipinski definition) is 3. The molecule has 0 radical (unpaired) electrons. The van der Waals surface area contributed by atoms with E-state index in [9.17, 15) is 4.79 Å². The molecule has 0 saturated heterocycles. The van der Waals surface area contributed by atoms with Crippen LogP contribution in [0.15, 0.2) is 12.3 Å². The predicted octanol–water partition coefficient (Wildman–Crippen LogP) is 1.60. The van der Waals surface area contributed by atoms with Crippen LogP contribution in [0.3, 0.4) is 0 Å². The Labute approximate surface area is 103 Å². The summed E-state index contributed by atoms with van der Waals surface area (Å²) < 4.78 is 0. The van der Waals surface area contributed by atoms with Crippen LogP contribution in [0.2, 0.25) is 0 Å². The molecule has 90 valence electrons. The number of nitrogens with zero attached hydrogens (tertiary/aromatic N) is 1. The number of amides is 1. The minimum absolute atomic E-state index is 0.233. The lowest BCUT2D eigenvalue weighted by atomic mass is 10.3. The van der Waals surface area contributed by atoms with E-state index < -0.39 is 0 Å². The molecule has 0 aliphatic carbocycles. The van der Waals surface area contributed by atoms with Gasteiger partial charge in [0.1, 0.15) is 5.69 Å². The normalized spacial score (nSPS) is 10.5. The molecule has 0 atom stereocenters. The number of hydrogen-bond acceptors (Lipinski definition) is 4. The van der Waals surface area contributed by atoms with Gasteiger partial charge < -0.3 is 11.1 Å². The second-order valence-corrected chi connectivity index (χ2v) is 5.18. The Hall–Kier alpha value is -1.82. The van der Waals surface area contributed by atoms with E-state index >= 15 is 0 Å². The summed E-state index contributed by atoms with van der Waals surface area (Å²) in [4.78, 5) is 14.1. The van der Waals surface area contributed by atoms with Gasteiger partial charge in [-0.2, -0.15) is 5.10 Å². The molecule has 0 unspecified atom stereocenters. The second kappa shape index (κ2) is 4.58. The van der Waals surface area contributed by atoms with E-state index in [-0.39, 0.29) is 5.91 Å². The van der Waals surface area contributed by atoms with Crippen molar-refractivity contribution < 1.29 is 4.79 Å². The molecular weight excluding hydrogens is 236 g/mol. The Morgan fingerprint density at radius 2 is 2.35 bits per heavy atom. The molecule has 6 heteroatoms. The lowest BCUT2D eigenvalue weighted by molar-refractivity contribution is 0.0947. The molecule has 2 heterocycles. The molecule has 4 N–H and O–H groups in total. The van der Waals surface area contributed by atoms with Gasteiger partial charge in [0.05, 0.1) is 18.4 Å². The number of rotatable bonds is 3. The first-order chi connectivity index (χ1) is 8.08. The number of nitrogens with two attached hydrogens (primary N) is 1. The number of carbonyl (C=O) groups excluding carboxylic acids is 1. The zero-order chi connectivity index (χ0) is 12.4. The maximum absolute atomic E-state index is 11.7. The van der Waals surface area contributed by atoms with Crippen molar-refractivity contribution in [3.8, 4) is 0 Å². The summed E-state index contributed by atoms with van der Waals surface area (Å²) in [6.45, 7) is 4.64. The molecule has 0 fully saturated rings. The molecule has 2 aromatic heterocycles. The largest absolute Gasteiger partial charge is 0.396 e. The highest BCUT2D eigenvalue weighted by atomic mass is 32.1. The number of carbonyl (C=O) groups is 1. The summed E-state index contributed by atoms with van der Waals surface area (Å²) in [5, 5.41) is 9.09. The van der Waals surface area contributed by atoms with Crippen molar-refractivity contribution in [3.05, 3.63) is 33.3 Å². The Balaban J connectivity index is 1.99. The van der Waals surface area contributed by atoms with Crippen molar-refractivity contribution in [2.45, 2.75) is 20.4 Å². The lowest BCUT2D eigenvalue weighted by Crippen LogP contribution is -2.23. The van der Waals surface area contributed by atoms with Crippen LogP contribution in [0.1, 0.15) is 25.8 Å². The number of nitrogens with one attached hydrogen (secondary N) is 2. The number of aromatic nitrogens is 2. The first-order valence-electron chi connectivity index (χ1n) is 5.21. The van der Waals surface area contributed by atoms with E-state index in [4.69, 9.17) is 5.73 Å². The van der Waals surface area contributed by atoms with Crippen LogP contribution in [0.5, 0.6) is 0 Å². The highest BCUT2D eigenvalue weighted by Crippen LogP contribution is 2.20. The molecule has 0 bridgehead atoms. The number of aryl methyl sites for hydroxylation is 2. The molecule has 0 aromatic carbocycles. The van der Waals surface area contributed by atoms with Crippen molar-refractivity contribution in [1.29, 1.82) is 0 Å². The summed E-state index contributed by atoms with van der Waals surface area (Å²) in [6, 6.07) is 2.08. The smallest absolute Gasteiger partial charge is 0.271 e. The van der Waals surface area contributed by atoms with Gasteiger partial charge in [-0.15, -0.1) is 11.3 Å².